The van der Waals surface area contributed by atoms with Gasteiger partial charge < -0.3 is 15.2 Å². The van der Waals surface area contributed by atoms with Gasteiger partial charge in [-0.3, -0.25) is 0 Å². The van der Waals surface area contributed by atoms with Crippen LogP contribution in [-0.2, 0) is 0 Å². The third-order valence-corrected chi connectivity index (χ3v) is 3.67. The minimum absolute atomic E-state index is 0.239. The fourth-order valence-electron chi connectivity index (χ4n) is 2.59. The van der Waals surface area contributed by atoms with Gasteiger partial charge in [0.25, 0.3) is 0 Å². The van der Waals surface area contributed by atoms with Crippen LogP contribution in [-0.4, -0.2) is 23.8 Å². The number of hydrogen-bond donors (Lipinski definition) is 2. The van der Waals surface area contributed by atoms with Gasteiger partial charge in [-0.25, -0.2) is 0 Å². The summed E-state index contributed by atoms with van der Waals surface area (Å²) in [4.78, 5) is 0. The zero-order chi connectivity index (χ0) is 11.2. The standard InChI is InChI=1S/C12H14ClNO2/c13-8-1-2-9-10(15)6-12(3-4-14-7-12)16-11(9)5-8/h1-2,5,10,14-15H,3-4,6-7H2. The highest BCUT2D eigenvalue weighted by molar-refractivity contribution is 6.30. The van der Waals surface area contributed by atoms with Crippen molar-refractivity contribution in [3.8, 4) is 5.75 Å². The number of fused-ring (bicyclic) bond motifs is 1. The largest absolute Gasteiger partial charge is 0.485 e. The molecule has 0 saturated carbocycles. The lowest BCUT2D eigenvalue weighted by molar-refractivity contribution is -0.000264. The SMILES string of the molecule is OC1CC2(CCNC2)Oc2cc(Cl)ccc21. The molecule has 2 aliphatic rings. The summed E-state index contributed by atoms with van der Waals surface area (Å²) < 4.78 is 6.02. The van der Waals surface area contributed by atoms with Gasteiger partial charge in [-0.15, -0.1) is 0 Å². The molecule has 3 rings (SSSR count). The first-order valence-electron chi connectivity index (χ1n) is 5.56. The Balaban J connectivity index is 2.00. The summed E-state index contributed by atoms with van der Waals surface area (Å²) in [5.74, 6) is 0.731. The summed E-state index contributed by atoms with van der Waals surface area (Å²) in [6.45, 7) is 1.75. The van der Waals surface area contributed by atoms with Gasteiger partial charge in [0.2, 0.25) is 0 Å². The second kappa shape index (κ2) is 3.62. The van der Waals surface area contributed by atoms with Gasteiger partial charge in [0, 0.05) is 30.0 Å². The van der Waals surface area contributed by atoms with Crippen LogP contribution in [0.4, 0.5) is 0 Å². The van der Waals surface area contributed by atoms with E-state index in [1.807, 2.05) is 6.07 Å². The molecule has 2 atom stereocenters. The number of rotatable bonds is 0. The highest BCUT2D eigenvalue weighted by atomic mass is 35.5. The van der Waals surface area contributed by atoms with Crippen molar-refractivity contribution in [3.05, 3.63) is 28.8 Å². The van der Waals surface area contributed by atoms with E-state index in [2.05, 4.69) is 5.32 Å². The van der Waals surface area contributed by atoms with E-state index >= 15 is 0 Å². The fourth-order valence-corrected chi connectivity index (χ4v) is 2.75. The van der Waals surface area contributed by atoms with Crippen molar-refractivity contribution in [2.75, 3.05) is 13.1 Å². The van der Waals surface area contributed by atoms with Crippen molar-refractivity contribution >= 4 is 11.6 Å². The first-order chi connectivity index (χ1) is 7.69. The molecule has 2 aliphatic heterocycles. The van der Waals surface area contributed by atoms with E-state index in [1.54, 1.807) is 12.1 Å². The van der Waals surface area contributed by atoms with Crippen molar-refractivity contribution in [1.82, 2.24) is 5.32 Å². The first kappa shape index (κ1) is 10.4. The molecule has 0 bridgehead atoms. The molecule has 2 heterocycles. The van der Waals surface area contributed by atoms with Crippen molar-refractivity contribution in [3.63, 3.8) is 0 Å². The molecule has 16 heavy (non-hydrogen) atoms. The fraction of sp³-hybridized carbons (Fsp3) is 0.500. The summed E-state index contributed by atoms with van der Waals surface area (Å²) >= 11 is 5.94. The Labute approximate surface area is 99.4 Å². The first-order valence-corrected chi connectivity index (χ1v) is 5.94. The molecule has 0 radical (unpaired) electrons. The average molecular weight is 240 g/mol. The Morgan fingerprint density at radius 1 is 1.50 bits per heavy atom. The zero-order valence-electron chi connectivity index (χ0n) is 8.87. The average Bonchev–Trinajstić information content (AvgIpc) is 2.65. The molecule has 2 unspecified atom stereocenters. The van der Waals surface area contributed by atoms with Crippen LogP contribution in [0.1, 0.15) is 24.5 Å². The van der Waals surface area contributed by atoms with Crippen LogP contribution in [0, 0.1) is 0 Å². The van der Waals surface area contributed by atoms with E-state index in [-0.39, 0.29) is 5.60 Å². The van der Waals surface area contributed by atoms with Gasteiger partial charge in [-0.05, 0) is 18.7 Å². The molecule has 1 aromatic rings. The second-order valence-corrected chi connectivity index (χ2v) is 5.05. The van der Waals surface area contributed by atoms with E-state index in [1.165, 1.54) is 0 Å². The van der Waals surface area contributed by atoms with Crippen LogP contribution in [0.2, 0.25) is 5.02 Å². The molecule has 0 aliphatic carbocycles. The number of hydrogen-bond acceptors (Lipinski definition) is 3. The predicted molar refractivity (Wildman–Crippen MR) is 61.9 cm³/mol. The monoisotopic (exact) mass is 239 g/mol. The Morgan fingerprint density at radius 3 is 3.12 bits per heavy atom. The Hall–Kier alpha value is -0.770. The van der Waals surface area contributed by atoms with E-state index in [0.717, 1.165) is 30.8 Å². The zero-order valence-corrected chi connectivity index (χ0v) is 9.63. The predicted octanol–water partition coefficient (Wildman–Crippen LogP) is 1.89. The third kappa shape index (κ3) is 1.59. The summed E-state index contributed by atoms with van der Waals surface area (Å²) in [5, 5.41) is 14.1. The van der Waals surface area contributed by atoms with Crippen LogP contribution in [0.25, 0.3) is 0 Å². The number of ether oxygens (including phenoxy) is 1. The molecule has 2 N–H and O–H groups in total. The Bertz CT molecular complexity index is 415. The molecular weight excluding hydrogens is 226 g/mol. The summed E-state index contributed by atoms with van der Waals surface area (Å²) in [6, 6.07) is 5.43. The van der Waals surface area contributed by atoms with Gasteiger partial charge >= 0.3 is 0 Å². The highest BCUT2D eigenvalue weighted by Crippen LogP contribution is 2.42. The number of aliphatic hydroxyl groups is 1. The topological polar surface area (TPSA) is 41.5 Å². The molecule has 86 valence electrons. The van der Waals surface area contributed by atoms with E-state index in [9.17, 15) is 5.11 Å². The maximum atomic E-state index is 10.1. The van der Waals surface area contributed by atoms with Crippen LogP contribution >= 0.6 is 11.6 Å². The van der Waals surface area contributed by atoms with Crippen LogP contribution < -0.4 is 10.1 Å². The van der Waals surface area contributed by atoms with Crippen LogP contribution in [0.3, 0.4) is 0 Å². The lowest BCUT2D eigenvalue weighted by atomic mass is 9.88. The van der Waals surface area contributed by atoms with Crippen molar-refractivity contribution in [2.45, 2.75) is 24.5 Å². The maximum Gasteiger partial charge on any atom is 0.127 e. The minimum atomic E-state index is -0.444. The van der Waals surface area contributed by atoms with E-state index in [0.29, 0.717) is 11.4 Å². The van der Waals surface area contributed by atoms with Gasteiger partial charge in [0.05, 0.1) is 6.10 Å². The highest BCUT2D eigenvalue weighted by Gasteiger charge is 2.42. The molecular formula is C12H14ClNO2. The van der Waals surface area contributed by atoms with E-state index < -0.39 is 6.10 Å². The van der Waals surface area contributed by atoms with Crippen molar-refractivity contribution in [2.24, 2.45) is 0 Å². The van der Waals surface area contributed by atoms with Gasteiger partial charge in [-0.2, -0.15) is 0 Å². The number of nitrogens with one attached hydrogen (secondary N) is 1. The molecule has 1 saturated heterocycles. The molecule has 4 heteroatoms. The summed E-state index contributed by atoms with van der Waals surface area (Å²) in [5.41, 5.74) is 0.610. The minimum Gasteiger partial charge on any atom is -0.485 e. The van der Waals surface area contributed by atoms with Crippen LogP contribution in [0.15, 0.2) is 18.2 Å². The molecule has 1 aromatic carbocycles. The van der Waals surface area contributed by atoms with Gasteiger partial charge in [-0.1, -0.05) is 17.7 Å². The maximum absolute atomic E-state index is 10.1. The lowest BCUT2D eigenvalue weighted by Crippen LogP contribution is -2.42. The molecule has 3 nitrogen and oxygen atoms in total. The van der Waals surface area contributed by atoms with Gasteiger partial charge in [0.1, 0.15) is 11.4 Å². The van der Waals surface area contributed by atoms with Crippen molar-refractivity contribution in [1.29, 1.82) is 0 Å². The summed E-state index contributed by atoms with van der Waals surface area (Å²) in [6.07, 6.45) is 1.16. The number of benzene rings is 1. The second-order valence-electron chi connectivity index (χ2n) is 4.61. The smallest absolute Gasteiger partial charge is 0.127 e. The normalized spacial score (nSPS) is 32.5. The molecule has 1 spiro atoms. The van der Waals surface area contributed by atoms with Gasteiger partial charge in [0.15, 0.2) is 0 Å². The Morgan fingerprint density at radius 2 is 2.38 bits per heavy atom. The third-order valence-electron chi connectivity index (χ3n) is 3.43. The molecule has 0 aromatic heterocycles. The quantitative estimate of drug-likeness (QED) is 0.727. The lowest BCUT2D eigenvalue weighted by Gasteiger charge is -2.37. The van der Waals surface area contributed by atoms with E-state index in [4.69, 9.17) is 16.3 Å². The van der Waals surface area contributed by atoms with Crippen molar-refractivity contribution < 1.29 is 9.84 Å². The number of halogens is 1. The summed E-state index contributed by atoms with van der Waals surface area (Å²) in [7, 11) is 0. The molecule has 0 amide bonds. The van der Waals surface area contributed by atoms with Crippen LogP contribution in [0.5, 0.6) is 5.75 Å². The molecule has 1 fully saturated rings. The Kier molecular flexibility index (Phi) is 2.35. The number of aliphatic hydroxyl groups excluding tert-OH is 1.